The minimum Gasteiger partial charge on any atom is -0.456 e. The number of carbonyl (C=O) groups excluding carboxylic acids is 1. The standard InChI is InChI=1S/C15H16ClNO2/c1-12-7-8-14(19-12)15(18)17(10-9-16)11-13-5-3-2-4-6-13/h2-8H,9-11H2,1H3. The number of aryl methyl sites for hydroxylation is 1. The molecule has 1 heterocycles. The minimum absolute atomic E-state index is 0.127. The summed E-state index contributed by atoms with van der Waals surface area (Å²) in [5.41, 5.74) is 1.07. The monoisotopic (exact) mass is 277 g/mol. The first-order valence-corrected chi connectivity index (χ1v) is 6.70. The number of nitrogens with zero attached hydrogens (tertiary/aromatic N) is 1. The van der Waals surface area contributed by atoms with E-state index in [4.69, 9.17) is 16.0 Å². The fraction of sp³-hybridized carbons (Fsp3) is 0.267. The van der Waals surface area contributed by atoms with E-state index in [1.807, 2.05) is 37.3 Å². The van der Waals surface area contributed by atoms with Gasteiger partial charge in [-0.15, -0.1) is 11.6 Å². The Morgan fingerprint density at radius 3 is 2.53 bits per heavy atom. The Morgan fingerprint density at radius 2 is 1.95 bits per heavy atom. The first-order valence-electron chi connectivity index (χ1n) is 6.16. The number of alkyl halides is 1. The summed E-state index contributed by atoms with van der Waals surface area (Å²) in [5.74, 6) is 1.36. The van der Waals surface area contributed by atoms with Crippen LogP contribution in [0.4, 0.5) is 0 Å². The second kappa shape index (κ2) is 6.43. The number of benzene rings is 1. The van der Waals surface area contributed by atoms with Crippen LogP contribution in [0.1, 0.15) is 21.9 Å². The number of halogens is 1. The highest BCUT2D eigenvalue weighted by molar-refractivity contribution is 6.18. The highest BCUT2D eigenvalue weighted by Crippen LogP contribution is 2.13. The van der Waals surface area contributed by atoms with Crippen molar-refractivity contribution in [3.63, 3.8) is 0 Å². The van der Waals surface area contributed by atoms with Crippen LogP contribution in [0.5, 0.6) is 0 Å². The largest absolute Gasteiger partial charge is 0.456 e. The predicted molar refractivity (Wildman–Crippen MR) is 75.3 cm³/mol. The molecule has 2 rings (SSSR count). The molecule has 1 aromatic carbocycles. The Hall–Kier alpha value is -1.74. The SMILES string of the molecule is Cc1ccc(C(=O)N(CCCl)Cc2ccccc2)o1. The van der Waals surface area contributed by atoms with Gasteiger partial charge in [-0.05, 0) is 24.6 Å². The van der Waals surface area contributed by atoms with Gasteiger partial charge >= 0.3 is 0 Å². The van der Waals surface area contributed by atoms with Gasteiger partial charge in [-0.3, -0.25) is 4.79 Å². The second-order valence-corrected chi connectivity index (χ2v) is 4.69. The molecule has 0 atom stereocenters. The van der Waals surface area contributed by atoms with Crippen molar-refractivity contribution >= 4 is 17.5 Å². The van der Waals surface area contributed by atoms with E-state index >= 15 is 0 Å². The van der Waals surface area contributed by atoms with Crippen LogP contribution < -0.4 is 0 Å². The van der Waals surface area contributed by atoms with E-state index in [0.29, 0.717) is 24.7 Å². The smallest absolute Gasteiger partial charge is 0.289 e. The Bertz CT molecular complexity index is 536. The average molecular weight is 278 g/mol. The maximum absolute atomic E-state index is 12.3. The van der Waals surface area contributed by atoms with Gasteiger partial charge in [-0.1, -0.05) is 30.3 Å². The predicted octanol–water partition coefficient (Wildman–Crippen LogP) is 3.47. The summed E-state index contributed by atoms with van der Waals surface area (Å²) < 4.78 is 5.38. The van der Waals surface area contributed by atoms with Crippen LogP contribution in [0.3, 0.4) is 0 Å². The van der Waals surface area contributed by atoms with Crippen molar-refractivity contribution < 1.29 is 9.21 Å². The molecule has 19 heavy (non-hydrogen) atoms. The van der Waals surface area contributed by atoms with Gasteiger partial charge < -0.3 is 9.32 Å². The molecule has 1 amide bonds. The quantitative estimate of drug-likeness (QED) is 0.784. The van der Waals surface area contributed by atoms with Crippen LogP contribution in [0.15, 0.2) is 46.9 Å². The summed E-state index contributed by atoms with van der Waals surface area (Å²) in [5, 5.41) is 0. The van der Waals surface area contributed by atoms with Crippen LogP contribution in [0.2, 0.25) is 0 Å². The summed E-state index contributed by atoms with van der Waals surface area (Å²) >= 11 is 5.77. The lowest BCUT2D eigenvalue weighted by molar-refractivity contribution is 0.0720. The lowest BCUT2D eigenvalue weighted by Gasteiger charge is -2.20. The van der Waals surface area contributed by atoms with E-state index in [-0.39, 0.29) is 5.91 Å². The summed E-state index contributed by atoms with van der Waals surface area (Å²) in [6.07, 6.45) is 0. The van der Waals surface area contributed by atoms with E-state index in [1.165, 1.54) is 0 Å². The Morgan fingerprint density at radius 1 is 1.21 bits per heavy atom. The molecule has 0 bridgehead atoms. The van der Waals surface area contributed by atoms with Crippen molar-refractivity contribution in [1.29, 1.82) is 0 Å². The molecule has 0 saturated carbocycles. The number of hydrogen-bond acceptors (Lipinski definition) is 2. The third-order valence-corrected chi connectivity index (χ3v) is 2.98. The van der Waals surface area contributed by atoms with Gasteiger partial charge in [0.05, 0.1) is 0 Å². The molecule has 2 aromatic rings. The molecule has 0 saturated heterocycles. The van der Waals surface area contributed by atoms with Crippen molar-refractivity contribution in [2.75, 3.05) is 12.4 Å². The molecular weight excluding hydrogens is 262 g/mol. The molecule has 0 fully saturated rings. The summed E-state index contributed by atoms with van der Waals surface area (Å²) in [6, 6.07) is 13.3. The lowest BCUT2D eigenvalue weighted by Crippen LogP contribution is -2.32. The van der Waals surface area contributed by atoms with Gasteiger partial charge in [-0.2, -0.15) is 0 Å². The third-order valence-electron chi connectivity index (χ3n) is 2.81. The summed E-state index contributed by atoms with van der Waals surface area (Å²) in [4.78, 5) is 14.0. The van der Waals surface area contributed by atoms with Crippen LogP contribution in [0, 0.1) is 6.92 Å². The zero-order valence-electron chi connectivity index (χ0n) is 10.8. The van der Waals surface area contributed by atoms with Crippen LogP contribution in [0.25, 0.3) is 0 Å². The molecule has 1 aromatic heterocycles. The highest BCUT2D eigenvalue weighted by Gasteiger charge is 2.18. The second-order valence-electron chi connectivity index (χ2n) is 4.31. The zero-order chi connectivity index (χ0) is 13.7. The van der Waals surface area contributed by atoms with Crippen LogP contribution in [-0.2, 0) is 6.54 Å². The Balaban J connectivity index is 2.13. The van der Waals surface area contributed by atoms with Crippen molar-refractivity contribution in [2.45, 2.75) is 13.5 Å². The summed E-state index contributed by atoms with van der Waals surface area (Å²) in [7, 11) is 0. The molecule has 0 spiro atoms. The van der Waals surface area contributed by atoms with Crippen molar-refractivity contribution in [2.24, 2.45) is 0 Å². The topological polar surface area (TPSA) is 33.5 Å². The Kier molecular flexibility index (Phi) is 4.63. The first-order chi connectivity index (χ1) is 9.20. The summed E-state index contributed by atoms with van der Waals surface area (Å²) in [6.45, 7) is 2.85. The van der Waals surface area contributed by atoms with Crippen LogP contribution in [-0.4, -0.2) is 23.2 Å². The van der Waals surface area contributed by atoms with Gasteiger partial charge in [-0.25, -0.2) is 0 Å². The number of amides is 1. The molecule has 0 aliphatic rings. The van der Waals surface area contributed by atoms with E-state index in [2.05, 4.69) is 0 Å². The molecule has 4 heteroatoms. The highest BCUT2D eigenvalue weighted by atomic mass is 35.5. The van der Waals surface area contributed by atoms with Gasteiger partial charge in [0.2, 0.25) is 0 Å². The number of carbonyl (C=O) groups is 1. The van der Waals surface area contributed by atoms with Crippen LogP contribution >= 0.6 is 11.6 Å². The van der Waals surface area contributed by atoms with E-state index in [1.54, 1.807) is 17.0 Å². The Labute approximate surface area is 117 Å². The first kappa shape index (κ1) is 13.7. The van der Waals surface area contributed by atoms with E-state index < -0.39 is 0 Å². The maximum atomic E-state index is 12.3. The maximum Gasteiger partial charge on any atom is 0.289 e. The van der Waals surface area contributed by atoms with Crippen molar-refractivity contribution in [1.82, 2.24) is 4.90 Å². The van der Waals surface area contributed by atoms with Crippen molar-refractivity contribution in [3.05, 3.63) is 59.5 Å². The normalized spacial score (nSPS) is 10.4. The molecule has 100 valence electrons. The average Bonchev–Trinajstić information content (AvgIpc) is 2.85. The van der Waals surface area contributed by atoms with Gasteiger partial charge in [0.25, 0.3) is 5.91 Å². The molecule has 0 unspecified atom stereocenters. The molecule has 3 nitrogen and oxygen atoms in total. The fourth-order valence-electron chi connectivity index (χ4n) is 1.86. The molecule has 0 aliphatic carbocycles. The molecule has 0 radical (unpaired) electrons. The number of rotatable bonds is 5. The number of furan rings is 1. The van der Waals surface area contributed by atoms with E-state index in [9.17, 15) is 4.79 Å². The molecular formula is C15H16ClNO2. The van der Waals surface area contributed by atoms with Gasteiger partial charge in [0.1, 0.15) is 5.76 Å². The molecule has 0 aliphatic heterocycles. The third kappa shape index (κ3) is 3.61. The fourth-order valence-corrected chi connectivity index (χ4v) is 2.07. The van der Waals surface area contributed by atoms with Gasteiger partial charge in [0, 0.05) is 19.0 Å². The molecule has 0 N–H and O–H groups in total. The minimum atomic E-state index is -0.127. The number of hydrogen-bond donors (Lipinski definition) is 0. The lowest BCUT2D eigenvalue weighted by atomic mass is 10.2. The zero-order valence-corrected chi connectivity index (χ0v) is 11.6. The van der Waals surface area contributed by atoms with Crippen molar-refractivity contribution in [3.8, 4) is 0 Å². The van der Waals surface area contributed by atoms with Gasteiger partial charge in [0.15, 0.2) is 5.76 Å². The van der Waals surface area contributed by atoms with E-state index in [0.717, 1.165) is 11.3 Å².